The van der Waals surface area contributed by atoms with Gasteiger partial charge in [-0.3, -0.25) is 4.79 Å². The maximum Gasteiger partial charge on any atom is 0.193 e. The molecule has 0 spiro atoms. The molecule has 0 fully saturated rings. The lowest BCUT2D eigenvalue weighted by Gasteiger charge is -2.24. The number of methoxy groups -OCH3 is 1. The predicted octanol–water partition coefficient (Wildman–Crippen LogP) is 1.22. The van der Waals surface area contributed by atoms with Gasteiger partial charge in [0, 0.05) is 11.3 Å². The molecule has 0 amide bonds. The van der Waals surface area contributed by atoms with Crippen molar-refractivity contribution in [2.75, 3.05) is 7.11 Å². The number of ether oxygens (including phenoxy) is 1. The first-order valence-electron chi connectivity index (χ1n) is 6.13. The van der Waals surface area contributed by atoms with E-state index in [4.69, 9.17) is 10.5 Å². The molecule has 0 saturated heterocycles. The van der Waals surface area contributed by atoms with Gasteiger partial charge in [-0.25, -0.2) is 4.99 Å². The number of nitrogens with two attached hydrogens (primary N) is 1. The van der Waals surface area contributed by atoms with Gasteiger partial charge < -0.3 is 20.9 Å². The lowest BCUT2D eigenvalue weighted by atomic mass is 9.93. The van der Waals surface area contributed by atoms with Gasteiger partial charge in [0.05, 0.1) is 7.11 Å². The molecule has 1 atom stereocenters. The Morgan fingerprint density at radius 2 is 2.20 bits per heavy atom. The van der Waals surface area contributed by atoms with Crippen molar-refractivity contribution in [1.29, 1.82) is 0 Å². The Morgan fingerprint density at radius 1 is 1.50 bits per heavy atom. The van der Waals surface area contributed by atoms with E-state index in [9.17, 15) is 9.90 Å². The minimum absolute atomic E-state index is 0.0345. The van der Waals surface area contributed by atoms with Crippen LogP contribution in [0.1, 0.15) is 25.5 Å². The molecule has 0 radical (unpaired) electrons. The monoisotopic (exact) mass is 275 g/mol. The molecule has 2 rings (SSSR count). The number of carbonyl (C=O) groups is 1. The minimum atomic E-state index is -0.497. The molecule has 106 valence electrons. The maximum absolute atomic E-state index is 11.8. The van der Waals surface area contributed by atoms with Crippen LogP contribution in [0.4, 0.5) is 0 Å². The summed E-state index contributed by atoms with van der Waals surface area (Å²) in [5.41, 5.74) is 7.69. The number of hydrogen-bond donors (Lipinski definition) is 3. The van der Waals surface area contributed by atoms with Gasteiger partial charge in [0.15, 0.2) is 23.2 Å². The second-order valence-corrected chi connectivity index (χ2v) is 4.57. The summed E-state index contributed by atoms with van der Waals surface area (Å²) in [5, 5.41) is 12.5. The average Bonchev–Trinajstić information content (AvgIpc) is 2.37. The lowest BCUT2D eigenvalue weighted by Crippen LogP contribution is -2.36. The van der Waals surface area contributed by atoms with Crippen LogP contribution >= 0.6 is 0 Å². The van der Waals surface area contributed by atoms with Gasteiger partial charge >= 0.3 is 0 Å². The molecule has 1 unspecified atom stereocenters. The maximum atomic E-state index is 11.8. The largest absolute Gasteiger partial charge is 0.504 e. The third-order valence-electron chi connectivity index (χ3n) is 3.16. The molecule has 4 N–H and O–H groups in total. The highest BCUT2D eigenvalue weighted by Gasteiger charge is 2.26. The molecule has 1 aliphatic heterocycles. The van der Waals surface area contributed by atoms with Crippen LogP contribution in [0.5, 0.6) is 11.5 Å². The summed E-state index contributed by atoms with van der Waals surface area (Å²) in [6.45, 7) is 3.27. The highest BCUT2D eigenvalue weighted by Crippen LogP contribution is 2.35. The van der Waals surface area contributed by atoms with Crippen molar-refractivity contribution < 1.29 is 14.6 Å². The first-order chi connectivity index (χ1) is 9.43. The fourth-order valence-electron chi connectivity index (χ4n) is 2.26. The predicted molar refractivity (Wildman–Crippen MR) is 75.5 cm³/mol. The molecule has 1 aromatic rings. The summed E-state index contributed by atoms with van der Waals surface area (Å²) < 4.78 is 5.08. The fourth-order valence-corrected chi connectivity index (χ4v) is 2.26. The number of allylic oxidation sites excluding steroid dienone is 1. The highest BCUT2D eigenvalue weighted by molar-refractivity contribution is 5.98. The minimum Gasteiger partial charge on any atom is -0.504 e. The van der Waals surface area contributed by atoms with Gasteiger partial charge in [-0.1, -0.05) is 6.07 Å². The van der Waals surface area contributed by atoms with Crippen LogP contribution in [0.15, 0.2) is 34.5 Å². The van der Waals surface area contributed by atoms with Gasteiger partial charge in [-0.05, 0) is 31.5 Å². The quantitative estimate of drug-likeness (QED) is 0.770. The molecular formula is C14H17N3O3. The van der Waals surface area contributed by atoms with E-state index in [1.54, 1.807) is 19.1 Å². The lowest BCUT2D eigenvalue weighted by molar-refractivity contribution is -0.113. The molecular weight excluding hydrogens is 258 g/mol. The molecule has 1 heterocycles. The zero-order chi connectivity index (χ0) is 14.9. The third-order valence-corrected chi connectivity index (χ3v) is 3.16. The summed E-state index contributed by atoms with van der Waals surface area (Å²) in [6, 6.07) is 4.36. The van der Waals surface area contributed by atoms with Crippen molar-refractivity contribution in [3.8, 4) is 11.5 Å². The van der Waals surface area contributed by atoms with Crippen LogP contribution in [0.25, 0.3) is 0 Å². The van der Waals surface area contributed by atoms with Gasteiger partial charge in [0.2, 0.25) is 0 Å². The van der Waals surface area contributed by atoms with Gasteiger partial charge in [0.1, 0.15) is 6.04 Å². The van der Waals surface area contributed by atoms with Crippen molar-refractivity contribution in [3.05, 3.63) is 35.0 Å². The van der Waals surface area contributed by atoms with E-state index in [1.165, 1.54) is 20.1 Å². The van der Waals surface area contributed by atoms with Crippen LogP contribution in [-0.2, 0) is 4.79 Å². The molecule has 6 heteroatoms. The normalized spacial score (nSPS) is 18.4. The van der Waals surface area contributed by atoms with Crippen LogP contribution < -0.4 is 15.8 Å². The van der Waals surface area contributed by atoms with E-state index >= 15 is 0 Å². The average molecular weight is 275 g/mol. The molecule has 20 heavy (non-hydrogen) atoms. The SMILES string of the molecule is COc1cc(C2N=C(N)NC(C)=C2C(C)=O)ccc1O. The summed E-state index contributed by atoms with van der Waals surface area (Å²) in [6.07, 6.45) is 0. The molecule has 6 nitrogen and oxygen atoms in total. The number of carbonyl (C=O) groups excluding carboxylic acids is 1. The van der Waals surface area contributed by atoms with E-state index in [0.717, 1.165) is 5.56 Å². The molecule has 0 aliphatic carbocycles. The Morgan fingerprint density at radius 3 is 2.80 bits per heavy atom. The number of phenolic OH excluding ortho intramolecular Hbond substituents is 1. The van der Waals surface area contributed by atoms with Crippen LogP contribution in [-0.4, -0.2) is 24.0 Å². The topological polar surface area (TPSA) is 96.9 Å². The number of rotatable bonds is 3. The second-order valence-electron chi connectivity index (χ2n) is 4.57. The number of aliphatic imine (C=N–C) groups is 1. The van der Waals surface area contributed by atoms with Gasteiger partial charge in [-0.2, -0.15) is 0 Å². The van der Waals surface area contributed by atoms with Crippen LogP contribution in [0, 0.1) is 0 Å². The van der Waals surface area contributed by atoms with E-state index in [1.807, 2.05) is 0 Å². The number of Topliss-reactive ketones (excluding diaryl/α,β-unsaturated/α-hetero) is 1. The molecule has 1 aliphatic rings. The summed E-state index contributed by atoms with van der Waals surface area (Å²) in [7, 11) is 1.46. The number of ketones is 1. The van der Waals surface area contributed by atoms with E-state index in [-0.39, 0.29) is 17.5 Å². The number of guanidine groups is 1. The van der Waals surface area contributed by atoms with Crippen molar-refractivity contribution >= 4 is 11.7 Å². The summed E-state index contributed by atoms with van der Waals surface area (Å²) in [4.78, 5) is 16.1. The first kappa shape index (κ1) is 13.9. The van der Waals surface area contributed by atoms with Crippen LogP contribution in [0.2, 0.25) is 0 Å². The third kappa shape index (κ3) is 2.45. The number of aromatic hydroxyl groups is 1. The number of benzene rings is 1. The van der Waals surface area contributed by atoms with Gasteiger partial charge in [0.25, 0.3) is 0 Å². The Hall–Kier alpha value is -2.50. The molecule has 0 bridgehead atoms. The number of phenols is 1. The van der Waals surface area contributed by atoms with Gasteiger partial charge in [-0.15, -0.1) is 0 Å². The first-order valence-corrected chi connectivity index (χ1v) is 6.13. The Kier molecular flexibility index (Phi) is 3.65. The van der Waals surface area contributed by atoms with E-state index in [2.05, 4.69) is 10.3 Å². The second kappa shape index (κ2) is 5.24. The standard InChI is InChI=1S/C14H17N3O3/c1-7-12(8(2)18)13(17-14(15)16-7)9-4-5-10(19)11(6-9)20-3/h4-6,13,19H,1-3H3,(H3,15,16,17). The van der Waals surface area contributed by atoms with E-state index < -0.39 is 6.04 Å². The van der Waals surface area contributed by atoms with Crippen molar-refractivity contribution in [1.82, 2.24) is 5.32 Å². The fraction of sp³-hybridized carbons (Fsp3) is 0.286. The molecule has 1 aromatic carbocycles. The smallest absolute Gasteiger partial charge is 0.193 e. The van der Waals surface area contributed by atoms with Crippen molar-refractivity contribution in [3.63, 3.8) is 0 Å². The highest BCUT2D eigenvalue weighted by atomic mass is 16.5. The van der Waals surface area contributed by atoms with Crippen molar-refractivity contribution in [2.45, 2.75) is 19.9 Å². The Labute approximate surface area is 117 Å². The summed E-state index contributed by atoms with van der Waals surface area (Å²) in [5.74, 6) is 0.537. The Bertz CT molecular complexity index is 620. The number of nitrogens with one attached hydrogen (secondary N) is 1. The van der Waals surface area contributed by atoms with E-state index in [0.29, 0.717) is 17.0 Å². The molecule has 0 saturated carbocycles. The van der Waals surface area contributed by atoms with Crippen molar-refractivity contribution in [2.24, 2.45) is 10.7 Å². The number of nitrogens with zero attached hydrogens (tertiary/aromatic N) is 1. The summed E-state index contributed by atoms with van der Waals surface area (Å²) >= 11 is 0. The van der Waals surface area contributed by atoms with Crippen LogP contribution in [0.3, 0.4) is 0 Å². The molecule has 0 aromatic heterocycles. The zero-order valence-corrected chi connectivity index (χ0v) is 11.6. The Balaban J connectivity index is 2.53. The zero-order valence-electron chi connectivity index (χ0n) is 11.6. The number of hydrogen-bond acceptors (Lipinski definition) is 6.